The Labute approximate surface area is 329 Å². The number of hydrogen-bond acceptors (Lipinski definition) is 4. The molecule has 9 rings (SSSR count). The summed E-state index contributed by atoms with van der Waals surface area (Å²) in [7, 11) is 0. The van der Waals surface area contributed by atoms with Crippen molar-refractivity contribution in [3.8, 4) is 11.3 Å². The minimum atomic E-state index is -0.470. The van der Waals surface area contributed by atoms with Crippen LogP contribution in [0.4, 0.5) is 0 Å². The van der Waals surface area contributed by atoms with Crippen LogP contribution in [0.15, 0.2) is 162 Å². The maximum Gasteiger partial charge on any atom is 3.00 e. The third kappa shape index (κ3) is 6.34. The standard InChI is InChI=1S/C49H36N3O.Ir/c1-48(36-17-5-3-6-18-36,44-24-11-13-28-50-44)32-34-30-41-40-27-26-35-16-9-10-22-39(35)46(40)53-47(41)42(31-34)43-23-15-21-38(52-43)33-49(2,37-19-7-4-8-20-37)45-25-12-14-29-51-45;/h3-17,19,21-30H,32-33H2,1-2H3;/q-3;+3. The molecule has 2 unspecified atom stereocenters. The van der Waals surface area contributed by atoms with E-state index in [9.17, 15) is 0 Å². The Bertz CT molecular complexity index is 2620. The summed E-state index contributed by atoms with van der Waals surface area (Å²) in [5.74, 6) is 0. The zero-order valence-corrected chi connectivity index (χ0v) is 32.4. The molecule has 0 amide bonds. The molecule has 0 radical (unpaired) electrons. The van der Waals surface area contributed by atoms with Crippen LogP contribution in [0, 0.1) is 18.2 Å². The van der Waals surface area contributed by atoms with Crippen molar-refractivity contribution in [3.63, 3.8) is 0 Å². The van der Waals surface area contributed by atoms with E-state index in [1.54, 1.807) is 0 Å². The van der Waals surface area contributed by atoms with Gasteiger partial charge in [-0.2, -0.15) is 66.2 Å². The van der Waals surface area contributed by atoms with Gasteiger partial charge in [0.05, 0.1) is 5.58 Å². The van der Waals surface area contributed by atoms with Crippen LogP contribution in [-0.4, -0.2) is 15.0 Å². The molecule has 0 aliphatic rings. The molecule has 2 atom stereocenters. The van der Waals surface area contributed by atoms with Crippen LogP contribution in [0.5, 0.6) is 0 Å². The minimum absolute atomic E-state index is 0. The molecule has 0 bridgehead atoms. The number of rotatable bonds is 9. The number of pyridine rings is 3. The quantitative estimate of drug-likeness (QED) is 0.136. The van der Waals surface area contributed by atoms with Gasteiger partial charge in [0.1, 0.15) is 5.58 Å². The predicted molar refractivity (Wildman–Crippen MR) is 213 cm³/mol. The molecular formula is C49H36IrN3O. The summed E-state index contributed by atoms with van der Waals surface area (Å²) in [6.07, 6.45) is 5.00. The Morgan fingerprint density at radius 1 is 0.574 bits per heavy atom. The Hall–Kier alpha value is -5.74. The van der Waals surface area contributed by atoms with Crippen LogP contribution in [0.1, 0.15) is 47.6 Å². The van der Waals surface area contributed by atoms with E-state index in [0.29, 0.717) is 12.8 Å². The van der Waals surface area contributed by atoms with Gasteiger partial charge >= 0.3 is 20.1 Å². The van der Waals surface area contributed by atoms with Crippen LogP contribution < -0.4 is 0 Å². The first-order valence-electron chi connectivity index (χ1n) is 18.0. The SMILES string of the molecule is CC(Cc1[c-]c(-c2cccc(CC(C)(c3[c-]cccc3)c3ccccn3)n2)c2oc3c4ccccc4ccc3c2c1)(c1[c-]cccc1)c1ccccn1.[Ir+3]. The summed E-state index contributed by atoms with van der Waals surface area (Å²) in [5, 5.41) is 4.33. The fraction of sp³-hybridized carbons (Fsp3) is 0.122. The van der Waals surface area contributed by atoms with Crippen molar-refractivity contribution in [2.45, 2.75) is 37.5 Å². The second kappa shape index (κ2) is 14.6. The molecule has 5 aromatic carbocycles. The Morgan fingerprint density at radius 2 is 1.22 bits per heavy atom. The minimum Gasteiger partial charge on any atom is -0.500 e. The molecule has 4 heterocycles. The van der Waals surface area contributed by atoms with Crippen LogP contribution >= 0.6 is 0 Å². The van der Waals surface area contributed by atoms with E-state index in [1.165, 1.54) is 0 Å². The summed E-state index contributed by atoms with van der Waals surface area (Å²) in [4.78, 5) is 15.0. The van der Waals surface area contributed by atoms with Crippen molar-refractivity contribution in [1.82, 2.24) is 15.0 Å². The smallest absolute Gasteiger partial charge is 0.500 e. The van der Waals surface area contributed by atoms with E-state index in [4.69, 9.17) is 19.4 Å². The third-order valence-corrected chi connectivity index (χ3v) is 10.7. The average Bonchev–Trinajstić information content (AvgIpc) is 3.61. The number of benzene rings is 5. The molecule has 0 aliphatic heterocycles. The van der Waals surface area contributed by atoms with E-state index >= 15 is 0 Å². The molecule has 0 saturated carbocycles. The van der Waals surface area contributed by atoms with E-state index in [2.05, 4.69) is 135 Å². The van der Waals surface area contributed by atoms with Gasteiger partial charge in [-0.3, -0.25) is 9.97 Å². The van der Waals surface area contributed by atoms with Gasteiger partial charge in [0.2, 0.25) is 0 Å². The van der Waals surface area contributed by atoms with Crippen molar-refractivity contribution >= 4 is 32.7 Å². The van der Waals surface area contributed by atoms with Crippen LogP contribution in [0.3, 0.4) is 0 Å². The van der Waals surface area contributed by atoms with Gasteiger partial charge < -0.3 is 9.40 Å². The zero-order chi connectivity index (χ0) is 35.8. The van der Waals surface area contributed by atoms with Gasteiger partial charge in [-0.05, 0) is 47.8 Å². The van der Waals surface area contributed by atoms with Crippen molar-refractivity contribution in [1.29, 1.82) is 0 Å². The molecule has 5 heteroatoms. The molecule has 9 aromatic rings. The zero-order valence-electron chi connectivity index (χ0n) is 30.0. The van der Waals surface area contributed by atoms with Crippen molar-refractivity contribution < 1.29 is 24.5 Å². The van der Waals surface area contributed by atoms with E-state index in [-0.39, 0.29) is 20.1 Å². The van der Waals surface area contributed by atoms with Crippen LogP contribution in [-0.2, 0) is 43.8 Å². The van der Waals surface area contributed by atoms with Crippen molar-refractivity contribution in [3.05, 3.63) is 210 Å². The molecule has 54 heavy (non-hydrogen) atoms. The molecule has 0 aliphatic carbocycles. The molecule has 262 valence electrons. The largest absolute Gasteiger partial charge is 3.00 e. The normalized spacial score (nSPS) is 13.7. The van der Waals surface area contributed by atoms with Crippen LogP contribution in [0.2, 0.25) is 0 Å². The molecule has 4 nitrogen and oxygen atoms in total. The number of nitrogens with zero attached hydrogens (tertiary/aromatic N) is 3. The number of fused-ring (bicyclic) bond motifs is 5. The molecule has 0 fully saturated rings. The Balaban J connectivity index is 0.00000413. The maximum absolute atomic E-state index is 6.88. The summed E-state index contributed by atoms with van der Waals surface area (Å²) >= 11 is 0. The van der Waals surface area contributed by atoms with E-state index in [0.717, 1.165) is 77.7 Å². The predicted octanol–water partition coefficient (Wildman–Crippen LogP) is 11.1. The third-order valence-electron chi connectivity index (χ3n) is 10.7. The maximum atomic E-state index is 6.88. The monoisotopic (exact) mass is 875 g/mol. The second-order valence-electron chi connectivity index (χ2n) is 14.2. The fourth-order valence-electron chi connectivity index (χ4n) is 7.84. The van der Waals surface area contributed by atoms with Crippen molar-refractivity contribution in [2.75, 3.05) is 0 Å². The number of furan rings is 1. The van der Waals surface area contributed by atoms with Gasteiger partial charge in [0, 0.05) is 57.5 Å². The number of hydrogen-bond donors (Lipinski definition) is 0. The van der Waals surface area contributed by atoms with Crippen LogP contribution in [0.25, 0.3) is 44.0 Å². The summed E-state index contributed by atoms with van der Waals surface area (Å²) in [5.41, 5.74) is 8.44. The first kappa shape index (κ1) is 35.3. The second-order valence-corrected chi connectivity index (χ2v) is 14.2. The Kier molecular flexibility index (Phi) is 9.54. The average molecular weight is 875 g/mol. The summed E-state index contributed by atoms with van der Waals surface area (Å²) < 4.78 is 6.88. The molecule has 0 N–H and O–H groups in total. The summed E-state index contributed by atoms with van der Waals surface area (Å²) in [6, 6.07) is 60.7. The van der Waals surface area contributed by atoms with Gasteiger partial charge in [-0.25, -0.2) is 0 Å². The number of aromatic nitrogens is 3. The van der Waals surface area contributed by atoms with E-state index in [1.807, 2.05) is 54.9 Å². The molecule has 0 saturated heterocycles. The molecular weight excluding hydrogens is 839 g/mol. The molecule has 0 spiro atoms. The summed E-state index contributed by atoms with van der Waals surface area (Å²) in [6.45, 7) is 4.47. The fourth-order valence-corrected chi connectivity index (χ4v) is 7.84. The van der Waals surface area contributed by atoms with Gasteiger partial charge in [-0.15, -0.1) is 23.3 Å². The van der Waals surface area contributed by atoms with Crippen molar-refractivity contribution in [2.24, 2.45) is 0 Å². The van der Waals surface area contributed by atoms with E-state index < -0.39 is 10.8 Å². The first-order chi connectivity index (χ1) is 26.0. The van der Waals surface area contributed by atoms with Gasteiger partial charge in [0.25, 0.3) is 0 Å². The first-order valence-corrected chi connectivity index (χ1v) is 18.0. The Morgan fingerprint density at radius 3 is 1.87 bits per heavy atom. The van der Waals surface area contributed by atoms with Gasteiger partial charge in [-0.1, -0.05) is 85.5 Å². The topological polar surface area (TPSA) is 51.8 Å². The van der Waals surface area contributed by atoms with Gasteiger partial charge in [0.15, 0.2) is 0 Å². The molecule has 4 aromatic heterocycles.